The maximum absolute atomic E-state index is 13.3. The number of nitrogens with zero attached hydrogens (tertiary/aromatic N) is 2. The topological polar surface area (TPSA) is 109 Å². The van der Waals surface area contributed by atoms with Gasteiger partial charge in [-0.15, -0.1) is 0 Å². The molecule has 9 heteroatoms. The van der Waals surface area contributed by atoms with Gasteiger partial charge >= 0.3 is 12.0 Å². The van der Waals surface area contributed by atoms with Crippen LogP contribution >= 0.6 is 11.6 Å². The fraction of sp³-hybridized carbons (Fsp3) is 0.154. The molecule has 0 spiro atoms. The Morgan fingerprint density at radius 3 is 2.40 bits per heavy atom. The number of aryl methyl sites for hydroxylation is 2. The molecule has 4 rings (SSSR count). The largest absolute Gasteiger partial charge is 0.478 e. The van der Waals surface area contributed by atoms with Crippen LogP contribution in [0.4, 0.5) is 10.5 Å². The predicted octanol–water partition coefficient (Wildman–Crippen LogP) is 4.73. The van der Waals surface area contributed by atoms with Crippen LogP contribution in [0.5, 0.6) is 0 Å². The maximum atomic E-state index is 13.3. The van der Waals surface area contributed by atoms with Crippen molar-refractivity contribution in [1.29, 1.82) is 0 Å². The van der Waals surface area contributed by atoms with Gasteiger partial charge in [0, 0.05) is 17.1 Å². The van der Waals surface area contributed by atoms with Gasteiger partial charge in [-0.2, -0.15) is 0 Å². The second kappa shape index (κ2) is 8.88. The quantitative estimate of drug-likeness (QED) is 0.405. The molecule has 0 aliphatic carbocycles. The summed E-state index contributed by atoms with van der Waals surface area (Å²) < 4.78 is 1.84. The zero-order chi connectivity index (χ0) is 25.6. The number of hydrogen-bond acceptors (Lipinski definition) is 4. The van der Waals surface area contributed by atoms with Crippen molar-refractivity contribution in [1.82, 2.24) is 9.88 Å². The van der Waals surface area contributed by atoms with E-state index in [1.807, 2.05) is 24.5 Å². The summed E-state index contributed by atoms with van der Waals surface area (Å²) >= 11 is 6.15. The Morgan fingerprint density at radius 2 is 1.74 bits per heavy atom. The minimum Gasteiger partial charge on any atom is -0.478 e. The van der Waals surface area contributed by atoms with Gasteiger partial charge in [0.15, 0.2) is 0 Å². The molecule has 3 aromatic rings. The van der Waals surface area contributed by atoms with Gasteiger partial charge in [-0.05, 0) is 80.8 Å². The molecule has 0 atom stereocenters. The average molecular weight is 492 g/mol. The SMILES string of the molecule is Cc1cccc(N2C(=O)NC(=O)/C(=C\c3cc(C)n(-c4ccc(C(=O)O)c(Cl)c4)c3C)C2=O)c1C. The van der Waals surface area contributed by atoms with Crippen molar-refractivity contribution in [2.24, 2.45) is 0 Å². The van der Waals surface area contributed by atoms with Gasteiger partial charge < -0.3 is 9.67 Å². The van der Waals surface area contributed by atoms with Crippen LogP contribution in [0.2, 0.25) is 5.02 Å². The van der Waals surface area contributed by atoms with E-state index in [4.69, 9.17) is 11.6 Å². The number of urea groups is 1. The molecule has 0 unspecified atom stereocenters. The third-order valence-electron chi connectivity index (χ3n) is 6.13. The fourth-order valence-corrected chi connectivity index (χ4v) is 4.41. The number of anilines is 1. The lowest BCUT2D eigenvalue weighted by Crippen LogP contribution is -2.54. The lowest BCUT2D eigenvalue weighted by Gasteiger charge is -2.28. The molecular formula is C26H22ClN3O5. The minimum atomic E-state index is -1.13. The molecule has 178 valence electrons. The van der Waals surface area contributed by atoms with E-state index in [0.29, 0.717) is 22.6 Å². The van der Waals surface area contributed by atoms with Gasteiger partial charge in [-0.25, -0.2) is 14.5 Å². The van der Waals surface area contributed by atoms with Crippen molar-refractivity contribution in [3.05, 3.63) is 86.7 Å². The summed E-state index contributed by atoms with van der Waals surface area (Å²) in [7, 11) is 0. The number of barbiturate groups is 1. The maximum Gasteiger partial charge on any atom is 0.337 e. The van der Waals surface area contributed by atoms with Crippen molar-refractivity contribution in [3.63, 3.8) is 0 Å². The van der Waals surface area contributed by atoms with Crippen LogP contribution in [-0.2, 0) is 9.59 Å². The lowest BCUT2D eigenvalue weighted by atomic mass is 10.0. The van der Waals surface area contributed by atoms with E-state index in [1.54, 1.807) is 44.2 Å². The smallest absolute Gasteiger partial charge is 0.337 e. The van der Waals surface area contributed by atoms with Crippen LogP contribution in [0.3, 0.4) is 0 Å². The number of carbonyl (C=O) groups is 4. The summed E-state index contributed by atoms with van der Waals surface area (Å²) in [6, 6.07) is 10.9. The van der Waals surface area contributed by atoms with Crippen LogP contribution in [0.25, 0.3) is 11.8 Å². The lowest BCUT2D eigenvalue weighted by molar-refractivity contribution is -0.122. The first kappa shape index (κ1) is 24.0. The van der Waals surface area contributed by atoms with Crippen molar-refractivity contribution in [3.8, 4) is 5.69 Å². The Morgan fingerprint density at radius 1 is 1.03 bits per heavy atom. The number of carbonyl (C=O) groups excluding carboxylic acids is 3. The predicted molar refractivity (Wildman–Crippen MR) is 132 cm³/mol. The molecule has 2 heterocycles. The highest BCUT2D eigenvalue weighted by Crippen LogP contribution is 2.29. The zero-order valence-electron chi connectivity index (χ0n) is 19.5. The van der Waals surface area contributed by atoms with Crippen molar-refractivity contribution in [2.75, 3.05) is 4.90 Å². The van der Waals surface area contributed by atoms with Gasteiger partial charge in [-0.3, -0.25) is 14.9 Å². The third-order valence-corrected chi connectivity index (χ3v) is 6.44. The highest BCUT2D eigenvalue weighted by molar-refractivity contribution is 6.39. The molecule has 0 radical (unpaired) electrons. The third kappa shape index (κ3) is 4.13. The second-order valence-corrected chi connectivity index (χ2v) is 8.72. The summed E-state index contributed by atoms with van der Waals surface area (Å²) in [5.74, 6) is -2.62. The minimum absolute atomic E-state index is 0.0131. The monoisotopic (exact) mass is 491 g/mol. The number of benzene rings is 2. The molecule has 0 bridgehead atoms. The van der Waals surface area contributed by atoms with Gasteiger partial charge in [0.2, 0.25) is 0 Å². The van der Waals surface area contributed by atoms with E-state index in [9.17, 15) is 24.3 Å². The number of imide groups is 2. The zero-order valence-corrected chi connectivity index (χ0v) is 20.2. The van der Waals surface area contributed by atoms with E-state index in [-0.39, 0.29) is 16.2 Å². The number of carboxylic acid groups (broad SMARTS) is 1. The number of aromatic carboxylic acids is 1. The summed E-state index contributed by atoms with van der Waals surface area (Å²) in [6.45, 7) is 7.32. The van der Waals surface area contributed by atoms with Crippen LogP contribution in [-0.4, -0.2) is 33.5 Å². The van der Waals surface area contributed by atoms with E-state index in [1.165, 1.54) is 12.1 Å². The molecule has 1 saturated heterocycles. The van der Waals surface area contributed by atoms with Gasteiger partial charge in [-0.1, -0.05) is 23.7 Å². The Labute approximate surface area is 206 Å². The summed E-state index contributed by atoms with van der Waals surface area (Å²) in [5.41, 5.74) is 4.58. The first-order valence-corrected chi connectivity index (χ1v) is 11.1. The molecule has 2 aromatic carbocycles. The van der Waals surface area contributed by atoms with Gasteiger partial charge in [0.1, 0.15) is 5.57 Å². The van der Waals surface area contributed by atoms with Crippen LogP contribution < -0.4 is 10.2 Å². The van der Waals surface area contributed by atoms with E-state index in [0.717, 1.165) is 21.7 Å². The molecule has 4 amide bonds. The highest BCUT2D eigenvalue weighted by Gasteiger charge is 2.37. The van der Waals surface area contributed by atoms with Gasteiger partial charge in [0.25, 0.3) is 11.8 Å². The van der Waals surface area contributed by atoms with Crippen LogP contribution in [0, 0.1) is 27.7 Å². The number of rotatable bonds is 4. The second-order valence-electron chi connectivity index (χ2n) is 8.31. The molecular weight excluding hydrogens is 470 g/mol. The Kier molecular flexibility index (Phi) is 6.08. The first-order valence-electron chi connectivity index (χ1n) is 10.7. The van der Waals surface area contributed by atoms with Crippen LogP contribution in [0.1, 0.15) is 38.4 Å². The Balaban J connectivity index is 1.78. The highest BCUT2D eigenvalue weighted by atomic mass is 35.5. The summed E-state index contributed by atoms with van der Waals surface area (Å²) in [6.07, 6.45) is 1.45. The standard InChI is InChI=1S/C26H22ClN3O5/c1-13-6-5-7-22(15(13)3)30-24(32)20(23(31)28-26(30)35)11-17-10-14(2)29(16(17)4)18-8-9-19(25(33)34)21(27)12-18/h5-12H,1-4H3,(H,33,34)(H,28,31,35)/b20-11+. The average Bonchev–Trinajstić information content (AvgIpc) is 3.06. The van der Waals surface area contributed by atoms with Crippen molar-refractivity contribution in [2.45, 2.75) is 27.7 Å². The van der Waals surface area contributed by atoms with E-state index >= 15 is 0 Å². The number of hydrogen-bond donors (Lipinski definition) is 2. The summed E-state index contributed by atoms with van der Waals surface area (Å²) in [5, 5.41) is 11.6. The van der Waals surface area contributed by atoms with E-state index in [2.05, 4.69) is 5.32 Å². The molecule has 1 aliphatic heterocycles. The molecule has 0 saturated carbocycles. The normalized spacial score (nSPS) is 15.1. The number of halogens is 1. The first-order chi connectivity index (χ1) is 16.5. The molecule has 8 nitrogen and oxygen atoms in total. The Bertz CT molecular complexity index is 1470. The van der Waals surface area contributed by atoms with Crippen molar-refractivity contribution < 1.29 is 24.3 Å². The van der Waals surface area contributed by atoms with Gasteiger partial charge in [0.05, 0.1) is 16.3 Å². The molecule has 35 heavy (non-hydrogen) atoms. The van der Waals surface area contributed by atoms with Crippen LogP contribution in [0.15, 0.2) is 48.0 Å². The fourth-order valence-electron chi connectivity index (χ4n) is 4.16. The number of carboxylic acids is 1. The molecule has 1 fully saturated rings. The Hall–Kier alpha value is -4.17. The van der Waals surface area contributed by atoms with Crippen molar-refractivity contribution >= 4 is 47.2 Å². The number of amides is 4. The molecule has 1 aromatic heterocycles. The molecule has 2 N–H and O–H groups in total. The molecule has 1 aliphatic rings. The summed E-state index contributed by atoms with van der Waals surface area (Å²) in [4.78, 5) is 50.8. The number of aromatic nitrogens is 1. The number of nitrogens with one attached hydrogen (secondary N) is 1. The van der Waals surface area contributed by atoms with E-state index < -0.39 is 23.8 Å².